The van der Waals surface area contributed by atoms with Crippen LogP contribution in [0.15, 0.2) is 40.7 Å². The number of aliphatic imine (C=N–C) groups is 1. The van der Waals surface area contributed by atoms with E-state index < -0.39 is 10.8 Å². The van der Waals surface area contributed by atoms with Crippen molar-refractivity contribution in [3.05, 3.63) is 52.0 Å². The molecule has 0 bridgehead atoms. The highest BCUT2D eigenvalue weighted by molar-refractivity contribution is 14.0. The van der Waals surface area contributed by atoms with Crippen LogP contribution in [0.2, 0.25) is 0 Å². The number of nitrogens with zero attached hydrogens (tertiary/aromatic N) is 2. The molecule has 0 aliphatic heterocycles. The second-order valence-corrected chi connectivity index (χ2v) is 8.74. The molecule has 2 rings (SSSR count). The van der Waals surface area contributed by atoms with Crippen LogP contribution in [0.4, 0.5) is 0 Å². The van der Waals surface area contributed by atoms with Crippen LogP contribution in [-0.4, -0.2) is 34.0 Å². The van der Waals surface area contributed by atoms with Crippen LogP contribution in [-0.2, 0) is 23.1 Å². The number of rotatable bonds is 9. The second kappa shape index (κ2) is 13.2. The summed E-state index contributed by atoms with van der Waals surface area (Å²) in [6, 6.07) is 9.94. The Labute approximate surface area is 186 Å². The summed E-state index contributed by atoms with van der Waals surface area (Å²) in [6.07, 6.45) is 0. The molecule has 5 nitrogen and oxygen atoms in total. The fourth-order valence-electron chi connectivity index (χ4n) is 2.27. The molecule has 1 aromatic heterocycles. The summed E-state index contributed by atoms with van der Waals surface area (Å²) in [5.74, 6) is 2.36. The first kappa shape index (κ1) is 24.0. The summed E-state index contributed by atoms with van der Waals surface area (Å²) in [5.41, 5.74) is 2.23. The van der Waals surface area contributed by atoms with Gasteiger partial charge in [0, 0.05) is 40.8 Å². The van der Waals surface area contributed by atoms with Crippen LogP contribution in [0, 0.1) is 0 Å². The van der Waals surface area contributed by atoms with Crippen LogP contribution in [0.25, 0.3) is 0 Å². The van der Waals surface area contributed by atoms with Gasteiger partial charge in [-0.1, -0.05) is 44.2 Å². The molecule has 0 radical (unpaired) electrons. The fraction of sp³-hybridized carbons (Fsp3) is 0.474. The molecule has 0 amide bonds. The van der Waals surface area contributed by atoms with E-state index in [2.05, 4.69) is 39.8 Å². The Kier molecular flexibility index (Phi) is 11.8. The van der Waals surface area contributed by atoms with Crippen molar-refractivity contribution < 1.29 is 4.21 Å². The van der Waals surface area contributed by atoms with Crippen LogP contribution < -0.4 is 10.6 Å². The Balaban J connectivity index is 0.00000364. The van der Waals surface area contributed by atoms with Crippen molar-refractivity contribution in [2.75, 3.05) is 18.8 Å². The topological polar surface area (TPSA) is 66.4 Å². The van der Waals surface area contributed by atoms with Gasteiger partial charge in [0.1, 0.15) is 5.01 Å². The highest BCUT2D eigenvalue weighted by atomic mass is 127. The molecule has 0 fully saturated rings. The van der Waals surface area contributed by atoms with Gasteiger partial charge in [-0.05, 0) is 18.4 Å². The number of halogens is 1. The number of hydrogen-bond donors (Lipinski definition) is 2. The lowest BCUT2D eigenvalue weighted by atomic mass is 10.2. The summed E-state index contributed by atoms with van der Waals surface area (Å²) < 4.78 is 12.2. The minimum absolute atomic E-state index is 0. The van der Waals surface area contributed by atoms with Gasteiger partial charge in [0.2, 0.25) is 0 Å². The number of guanidine groups is 1. The second-order valence-electron chi connectivity index (χ2n) is 6.22. The molecule has 0 aliphatic rings. The maximum Gasteiger partial charge on any atom is 0.191 e. The zero-order valence-corrected chi connectivity index (χ0v) is 20.1. The Morgan fingerprint density at radius 1 is 1.26 bits per heavy atom. The molecule has 0 spiro atoms. The molecule has 1 unspecified atom stereocenters. The normalized spacial score (nSPS) is 12.5. The smallest absolute Gasteiger partial charge is 0.191 e. The van der Waals surface area contributed by atoms with Crippen LogP contribution in [0.1, 0.15) is 43.0 Å². The van der Waals surface area contributed by atoms with Gasteiger partial charge in [0.05, 0.1) is 12.2 Å². The SMILES string of the molecule is CCNC(=NCc1nc(C(C)C)cs1)NCCS(=O)Cc1ccccc1.I. The minimum atomic E-state index is -0.889. The maximum atomic E-state index is 12.2. The average Bonchev–Trinajstić information content (AvgIpc) is 3.10. The van der Waals surface area contributed by atoms with E-state index in [0.717, 1.165) is 28.8 Å². The molecule has 2 N–H and O–H groups in total. The van der Waals surface area contributed by atoms with Gasteiger partial charge in [-0.25, -0.2) is 9.98 Å². The molecule has 150 valence electrons. The Hall–Kier alpha value is -1.000. The highest BCUT2D eigenvalue weighted by Gasteiger charge is 2.06. The summed E-state index contributed by atoms with van der Waals surface area (Å²) in [7, 11) is -0.889. The molecular weight excluding hydrogens is 491 g/mol. The molecule has 0 aliphatic carbocycles. The maximum absolute atomic E-state index is 12.2. The van der Waals surface area contributed by atoms with Crippen molar-refractivity contribution in [3.8, 4) is 0 Å². The third kappa shape index (κ3) is 9.16. The molecular formula is C19H29IN4OS2. The molecule has 1 heterocycles. The van der Waals surface area contributed by atoms with E-state index in [4.69, 9.17) is 0 Å². The summed E-state index contributed by atoms with van der Waals surface area (Å²) in [5, 5.41) is 9.59. The summed E-state index contributed by atoms with van der Waals surface area (Å²) in [4.78, 5) is 9.19. The van der Waals surface area contributed by atoms with Gasteiger partial charge in [-0.3, -0.25) is 4.21 Å². The third-order valence-corrected chi connectivity index (χ3v) is 5.84. The van der Waals surface area contributed by atoms with Gasteiger partial charge < -0.3 is 10.6 Å². The summed E-state index contributed by atoms with van der Waals surface area (Å²) >= 11 is 1.65. The molecule has 1 aromatic carbocycles. The van der Waals surface area contributed by atoms with Crippen molar-refractivity contribution in [1.82, 2.24) is 15.6 Å². The quantitative estimate of drug-likeness (QED) is 0.299. The van der Waals surface area contributed by atoms with Crippen LogP contribution >= 0.6 is 35.3 Å². The van der Waals surface area contributed by atoms with Crippen molar-refractivity contribution in [1.29, 1.82) is 0 Å². The van der Waals surface area contributed by atoms with E-state index in [9.17, 15) is 4.21 Å². The molecule has 27 heavy (non-hydrogen) atoms. The first-order chi connectivity index (χ1) is 12.6. The number of nitrogens with one attached hydrogen (secondary N) is 2. The molecule has 0 saturated carbocycles. The predicted molar refractivity (Wildman–Crippen MR) is 128 cm³/mol. The summed E-state index contributed by atoms with van der Waals surface area (Å²) in [6.45, 7) is 8.28. The lowest BCUT2D eigenvalue weighted by Crippen LogP contribution is -2.39. The first-order valence-electron chi connectivity index (χ1n) is 8.93. The molecule has 0 saturated heterocycles. The largest absolute Gasteiger partial charge is 0.357 e. The Morgan fingerprint density at radius 3 is 2.63 bits per heavy atom. The lowest BCUT2D eigenvalue weighted by Gasteiger charge is -2.11. The Morgan fingerprint density at radius 2 is 2.00 bits per heavy atom. The van der Waals surface area contributed by atoms with E-state index in [1.165, 1.54) is 0 Å². The zero-order chi connectivity index (χ0) is 18.8. The van der Waals surface area contributed by atoms with E-state index in [1.54, 1.807) is 11.3 Å². The fourth-order valence-corrected chi connectivity index (χ4v) is 4.18. The van der Waals surface area contributed by atoms with Gasteiger partial charge >= 0.3 is 0 Å². The molecule has 8 heteroatoms. The number of benzene rings is 1. The monoisotopic (exact) mass is 520 g/mol. The van der Waals surface area contributed by atoms with Crippen LogP contribution in [0.5, 0.6) is 0 Å². The van der Waals surface area contributed by atoms with E-state index in [-0.39, 0.29) is 24.0 Å². The molecule has 1 atom stereocenters. The van der Waals surface area contributed by atoms with E-state index in [1.807, 2.05) is 37.3 Å². The standard InChI is InChI=1S/C19H28N4OS2.HI/c1-4-20-19(22-12-18-23-17(13-25-18)15(2)3)21-10-11-26(24)14-16-8-6-5-7-9-16;/h5-9,13,15H,4,10-12,14H2,1-3H3,(H2,20,21,22);1H. The highest BCUT2D eigenvalue weighted by Crippen LogP contribution is 2.18. The number of aromatic nitrogens is 1. The van der Waals surface area contributed by atoms with Crippen molar-refractivity contribution in [2.45, 2.75) is 39.0 Å². The van der Waals surface area contributed by atoms with Gasteiger partial charge in [-0.15, -0.1) is 35.3 Å². The van der Waals surface area contributed by atoms with Gasteiger partial charge in [-0.2, -0.15) is 0 Å². The Bertz CT molecular complexity index is 720. The molecule has 2 aromatic rings. The van der Waals surface area contributed by atoms with Gasteiger partial charge in [0.25, 0.3) is 0 Å². The zero-order valence-electron chi connectivity index (χ0n) is 16.1. The average molecular weight is 521 g/mol. The third-order valence-electron chi connectivity index (χ3n) is 3.67. The van der Waals surface area contributed by atoms with Crippen LogP contribution in [0.3, 0.4) is 0 Å². The number of hydrogen-bond acceptors (Lipinski definition) is 4. The predicted octanol–water partition coefficient (Wildman–Crippen LogP) is 3.89. The van der Waals surface area contributed by atoms with Crippen molar-refractivity contribution in [2.24, 2.45) is 4.99 Å². The number of thiazole rings is 1. The first-order valence-corrected chi connectivity index (χ1v) is 11.3. The van der Waals surface area contributed by atoms with E-state index in [0.29, 0.717) is 30.5 Å². The van der Waals surface area contributed by atoms with Crippen molar-refractivity contribution in [3.63, 3.8) is 0 Å². The lowest BCUT2D eigenvalue weighted by molar-refractivity contribution is 0.680. The van der Waals surface area contributed by atoms with Gasteiger partial charge in [0.15, 0.2) is 5.96 Å². The van der Waals surface area contributed by atoms with E-state index >= 15 is 0 Å². The minimum Gasteiger partial charge on any atom is -0.357 e. The van der Waals surface area contributed by atoms with Crippen molar-refractivity contribution >= 4 is 52.1 Å².